The van der Waals surface area contributed by atoms with Crippen molar-refractivity contribution in [2.45, 2.75) is 13.0 Å². The zero-order chi connectivity index (χ0) is 14.1. The average Bonchev–Trinajstić information content (AvgIpc) is 2.43. The minimum absolute atomic E-state index is 0.155. The Hall–Kier alpha value is -2.15. The van der Waals surface area contributed by atoms with Crippen molar-refractivity contribution >= 4 is 39.0 Å². The van der Waals surface area contributed by atoms with Gasteiger partial charge in [-0.15, -0.1) is 0 Å². The van der Waals surface area contributed by atoms with Crippen LogP contribution in [0.15, 0.2) is 35.2 Å². The van der Waals surface area contributed by atoms with Gasteiger partial charge in [0, 0.05) is 11.9 Å². The molecule has 0 aliphatic carbocycles. The second-order valence-electron chi connectivity index (χ2n) is 4.30. The molecule has 0 spiro atoms. The summed E-state index contributed by atoms with van der Waals surface area (Å²) in [6.45, 7) is 1.71. The number of rotatable bonds is 2. The van der Waals surface area contributed by atoms with Crippen molar-refractivity contribution in [3.63, 3.8) is 0 Å². The van der Waals surface area contributed by atoms with Crippen LogP contribution in [0.5, 0.6) is 5.75 Å². The molecule has 1 aromatic heterocycles. The molecule has 7 heteroatoms. The zero-order valence-corrected chi connectivity index (χ0v) is 12.1. The number of ether oxygens (including phenoxy) is 1. The summed E-state index contributed by atoms with van der Waals surface area (Å²) in [6, 6.07) is 5.47. The molecule has 0 radical (unpaired) electrons. The van der Waals surface area contributed by atoms with Gasteiger partial charge in [-0.2, -0.15) is 0 Å². The summed E-state index contributed by atoms with van der Waals surface area (Å²) in [5.74, 6) is 1.15. The van der Waals surface area contributed by atoms with E-state index in [4.69, 9.17) is 4.74 Å². The first-order valence-electron chi connectivity index (χ1n) is 5.97. The Balaban J connectivity index is 1.88. The lowest BCUT2D eigenvalue weighted by Crippen LogP contribution is -2.34. The average molecular weight is 335 g/mol. The number of aromatic nitrogens is 2. The number of amides is 1. The molecule has 6 nitrogen and oxygen atoms in total. The number of fused-ring (bicyclic) bond motifs is 1. The van der Waals surface area contributed by atoms with Gasteiger partial charge in [-0.3, -0.25) is 4.79 Å². The van der Waals surface area contributed by atoms with Gasteiger partial charge in [0.1, 0.15) is 17.9 Å². The fourth-order valence-corrected chi connectivity index (χ4v) is 2.15. The summed E-state index contributed by atoms with van der Waals surface area (Å²) in [5, 5.41) is 5.95. The molecule has 1 aliphatic rings. The van der Waals surface area contributed by atoms with E-state index in [1.165, 1.54) is 6.33 Å². The Bertz CT molecular complexity index is 677. The van der Waals surface area contributed by atoms with Gasteiger partial charge >= 0.3 is 0 Å². The van der Waals surface area contributed by atoms with Gasteiger partial charge in [0.15, 0.2) is 6.10 Å². The molecular weight excluding hydrogens is 324 g/mol. The van der Waals surface area contributed by atoms with E-state index < -0.39 is 6.10 Å². The predicted octanol–water partition coefficient (Wildman–Crippen LogP) is 2.70. The molecule has 1 aromatic carbocycles. The number of hydrogen-bond acceptors (Lipinski definition) is 5. The topological polar surface area (TPSA) is 76.1 Å². The van der Waals surface area contributed by atoms with Gasteiger partial charge < -0.3 is 15.4 Å². The molecule has 20 heavy (non-hydrogen) atoms. The molecule has 102 valence electrons. The van der Waals surface area contributed by atoms with E-state index >= 15 is 0 Å². The highest BCUT2D eigenvalue weighted by Gasteiger charge is 2.23. The third-order valence-corrected chi connectivity index (χ3v) is 3.42. The first kappa shape index (κ1) is 12.9. The quantitative estimate of drug-likeness (QED) is 0.883. The summed E-state index contributed by atoms with van der Waals surface area (Å²) < 4.78 is 6.25. The normalized spacial score (nSPS) is 16.9. The molecule has 0 fully saturated rings. The highest BCUT2D eigenvalue weighted by atomic mass is 79.9. The second kappa shape index (κ2) is 5.09. The van der Waals surface area contributed by atoms with Crippen molar-refractivity contribution in [1.82, 2.24) is 9.97 Å². The molecule has 2 aromatic rings. The van der Waals surface area contributed by atoms with Crippen molar-refractivity contribution in [1.29, 1.82) is 0 Å². The number of carbonyl (C=O) groups is 1. The van der Waals surface area contributed by atoms with Crippen LogP contribution in [0.1, 0.15) is 6.92 Å². The monoisotopic (exact) mass is 334 g/mol. The van der Waals surface area contributed by atoms with Gasteiger partial charge in [-0.05, 0) is 41.1 Å². The summed E-state index contributed by atoms with van der Waals surface area (Å²) in [6.07, 6.45) is 2.63. The summed E-state index contributed by atoms with van der Waals surface area (Å²) in [7, 11) is 0. The van der Waals surface area contributed by atoms with Gasteiger partial charge in [-0.1, -0.05) is 0 Å². The first-order valence-corrected chi connectivity index (χ1v) is 6.77. The van der Waals surface area contributed by atoms with Crippen LogP contribution in [-0.4, -0.2) is 22.0 Å². The molecule has 3 rings (SSSR count). The fourth-order valence-electron chi connectivity index (χ4n) is 1.83. The van der Waals surface area contributed by atoms with E-state index in [-0.39, 0.29) is 5.91 Å². The van der Waals surface area contributed by atoms with Crippen molar-refractivity contribution in [3.8, 4) is 5.75 Å². The second-order valence-corrected chi connectivity index (χ2v) is 5.16. The molecule has 0 saturated carbocycles. The third-order valence-electron chi connectivity index (χ3n) is 2.84. The Morgan fingerprint density at radius 1 is 1.45 bits per heavy atom. The molecule has 0 bridgehead atoms. The van der Waals surface area contributed by atoms with Gasteiger partial charge in [0.2, 0.25) is 0 Å². The summed E-state index contributed by atoms with van der Waals surface area (Å²) in [4.78, 5) is 19.6. The highest BCUT2D eigenvalue weighted by Crippen LogP contribution is 2.33. The molecule has 1 atom stereocenters. The first-order chi connectivity index (χ1) is 9.63. The largest absolute Gasteiger partial charge is 0.479 e. The van der Waals surface area contributed by atoms with E-state index in [9.17, 15) is 4.79 Å². The van der Waals surface area contributed by atoms with Crippen molar-refractivity contribution in [3.05, 3.63) is 35.2 Å². The molecule has 1 amide bonds. The molecule has 0 unspecified atom stereocenters. The van der Waals surface area contributed by atoms with Crippen LogP contribution in [0, 0.1) is 0 Å². The van der Waals surface area contributed by atoms with Gasteiger partial charge in [0.05, 0.1) is 10.2 Å². The Morgan fingerprint density at radius 2 is 2.30 bits per heavy atom. The summed E-state index contributed by atoms with van der Waals surface area (Å²) >= 11 is 3.36. The minimum Gasteiger partial charge on any atom is -0.479 e. The maximum Gasteiger partial charge on any atom is 0.265 e. The lowest BCUT2D eigenvalue weighted by molar-refractivity contribution is -0.122. The maximum atomic E-state index is 11.6. The van der Waals surface area contributed by atoms with Crippen LogP contribution in [0.25, 0.3) is 0 Å². The van der Waals surface area contributed by atoms with Crippen LogP contribution < -0.4 is 15.4 Å². The highest BCUT2D eigenvalue weighted by molar-refractivity contribution is 9.10. The lowest BCUT2D eigenvalue weighted by Gasteiger charge is -2.23. The van der Waals surface area contributed by atoms with Crippen LogP contribution in [0.3, 0.4) is 0 Å². The Labute approximate surface area is 123 Å². The Morgan fingerprint density at radius 3 is 3.10 bits per heavy atom. The number of halogens is 1. The zero-order valence-electron chi connectivity index (χ0n) is 10.6. The standard InChI is InChI=1S/C13H11BrN4O2/c1-7-13(19)18-10-4-8(2-3-11(10)20-7)17-12-9(14)5-15-6-16-12/h2-7H,1H3,(H,18,19)(H,15,16,17)/t7-/m0/s1. The minimum atomic E-state index is -0.475. The van der Waals surface area contributed by atoms with Crippen molar-refractivity contribution in [2.24, 2.45) is 0 Å². The van der Waals surface area contributed by atoms with Crippen LogP contribution in [0.2, 0.25) is 0 Å². The van der Waals surface area contributed by atoms with E-state index in [2.05, 4.69) is 36.5 Å². The van der Waals surface area contributed by atoms with E-state index in [1.807, 2.05) is 12.1 Å². The number of benzene rings is 1. The van der Waals surface area contributed by atoms with Crippen LogP contribution in [-0.2, 0) is 4.79 Å². The van der Waals surface area contributed by atoms with Crippen molar-refractivity contribution in [2.75, 3.05) is 10.6 Å². The number of nitrogens with zero attached hydrogens (tertiary/aromatic N) is 2. The lowest BCUT2D eigenvalue weighted by atomic mass is 10.2. The van der Waals surface area contributed by atoms with Gasteiger partial charge in [-0.25, -0.2) is 9.97 Å². The van der Waals surface area contributed by atoms with E-state index in [0.717, 1.165) is 10.2 Å². The van der Waals surface area contributed by atoms with Crippen LogP contribution in [0.4, 0.5) is 17.2 Å². The third kappa shape index (κ3) is 2.44. The van der Waals surface area contributed by atoms with Crippen molar-refractivity contribution < 1.29 is 9.53 Å². The van der Waals surface area contributed by atoms with E-state index in [0.29, 0.717) is 17.3 Å². The molecular formula is C13H11BrN4O2. The van der Waals surface area contributed by atoms with Gasteiger partial charge in [0.25, 0.3) is 5.91 Å². The molecule has 2 heterocycles. The summed E-state index contributed by atoms with van der Waals surface area (Å²) in [5.41, 5.74) is 1.44. The van der Waals surface area contributed by atoms with E-state index in [1.54, 1.807) is 19.2 Å². The number of anilines is 3. The smallest absolute Gasteiger partial charge is 0.265 e. The van der Waals surface area contributed by atoms with Crippen LogP contribution >= 0.6 is 15.9 Å². The predicted molar refractivity (Wildman–Crippen MR) is 78.2 cm³/mol. The maximum absolute atomic E-state index is 11.6. The number of carbonyl (C=O) groups excluding carboxylic acids is 1. The SMILES string of the molecule is C[C@@H]1Oc2ccc(Nc3ncncc3Br)cc2NC1=O. The Kier molecular flexibility index (Phi) is 3.27. The fraction of sp³-hybridized carbons (Fsp3) is 0.154. The number of nitrogens with one attached hydrogen (secondary N) is 2. The molecule has 1 aliphatic heterocycles. The number of hydrogen-bond donors (Lipinski definition) is 2. The molecule has 0 saturated heterocycles. The molecule has 2 N–H and O–H groups in total.